The lowest BCUT2D eigenvalue weighted by Crippen LogP contribution is -2.38. The van der Waals surface area contributed by atoms with Gasteiger partial charge in [-0.15, -0.1) is 0 Å². The van der Waals surface area contributed by atoms with Crippen LogP contribution in [0.1, 0.15) is 15.9 Å². The van der Waals surface area contributed by atoms with Crippen LogP contribution in [0, 0.1) is 0 Å². The molecule has 0 saturated carbocycles. The van der Waals surface area contributed by atoms with Crippen molar-refractivity contribution in [3.05, 3.63) is 35.4 Å². The van der Waals surface area contributed by atoms with Gasteiger partial charge in [0.2, 0.25) is 0 Å². The largest absolute Gasteiger partial charge is 0.416 e. The molecule has 0 aromatic heterocycles. The van der Waals surface area contributed by atoms with Gasteiger partial charge in [-0.2, -0.15) is 13.2 Å². The Bertz CT molecular complexity index is 444. The first kappa shape index (κ1) is 16.4. The van der Waals surface area contributed by atoms with Crippen molar-refractivity contribution >= 4 is 5.91 Å². The Hall–Kier alpha value is -1.70. The number of hydrogen-bond donors (Lipinski definition) is 1. The van der Waals surface area contributed by atoms with E-state index in [0.717, 1.165) is 29.2 Å². The van der Waals surface area contributed by atoms with Crippen LogP contribution in [0.2, 0.25) is 0 Å². The first-order valence-electron chi connectivity index (χ1n) is 5.70. The van der Waals surface area contributed by atoms with Crippen LogP contribution >= 0.6 is 0 Å². The number of hydrogen-bond acceptors (Lipinski definition) is 2. The Morgan fingerprint density at radius 1 is 1.20 bits per heavy atom. The molecule has 0 unspecified atom stereocenters. The van der Waals surface area contributed by atoms with Gasteiger partial charge in [0.25, 0.3) is 12.3 Å². The Morgan fingerprint density at radius 3 is 2.15 bits per heavy atom. The van der Waals surface area contributed by atoms with Crippen molar-refractivity contribution in [1.82, 2.24) is 4.90 Å². The Morgan fingerprint density at radius 2 is 1.75 bits per heavy atom. The summed E-state index contributed by atoms with van der Waals surface area (Å²) in [5.74, 6) is -0.774. The van der Waals surface area contributed by atoms with E-state index in [9.17, 15) is 26.7 Å². The van der Waals surface area contributed by atoms with Crippen LogP contribution in [-0.2, 0) is 6.18 Å². The van der Waals surface area contributed by atoms with E-state index in [1.165, 1.54) is 0 Å². The smallest absolute Gasteiger partial charge is 0.332 e. The third-order valence-corrected chi connectivity index (χ3v) is 2.50. The number of halogens is 5. The number of nitrogens with zero attached hydrogens (tertiary/aromatic N) is 1. The van der Waals surface area contributed by atoms with E-state index in [4.69, 9.17) is 5.73 Å². The quantitative estimate of drug-likeness (QED) is 0.848. The molecule has 0 fully saturated rings. The highest BCUT2D eigenvalue weighted by molar-refractivity contribution is 5.94. The molecule has 0 aliphatic carbocycles. The van der Waals surface area contributed by atoms with Gasteiger partial charge in [-0.05, 0) is 24.3 Å². The van der Waals surface area contributed by atoms with E-state index in [1.807, 2.05) is 0 Å². The topological polar surface area (TPSA) is 46.3 Å². The van der Waals surface area contributed by atoms with E-state index in [2.05, 4.69) is 0 Å². The second-order valence-corrected chi connectivity index (χ2v) is 4.01. The molecule has 1 aromatic carbocycles. The first-order chi connectivity index (χ1) is 9.25. The molecule has 0 spiro atoms. The fourth-order valence-electron chi connectivity index (χ4n) is 1.58. The zero-order valence-electron chi connectivity index (χ0n) is 10.3. The summed E-state index contributed by atoms with van der Waals surface area (Å²) >= 11 is 0. The van der Waals surface area contributed by atoms with E-state index in [1.54, 1.807) is 0 Å². The van der Waals surface area contributed by atoms with Crippen LogP contribution in [-0.4, -0.2) is 36.9 Å². The molecule has 2 N–H and O–H groups in total. The van der Waals surface area contributed by atoms with E-state index >= 15 is 0 Å². The van der Waals surface area contributed by atoms with Gasteiger partial charge in [0, 0.05) is 18.7 Å². The van der Waals surface area contributed by atoms with E-state index < -0.39 is 30.6 Å². The molecule has 1 rings (SSSR count). The standard InChI is InChI=1S/C12H13F5N2O/c13-10(14)7-19(6-5-18)11(20)8-1-3-9(4-2-8)12(15,16)17/h1-4,10H,5-7,18H2. The third kappa shape index (κ3) is 4.44. The highest BCUT2D eigenvalue weighted by Crippen LogP contribution is 2.29. The molecule has 0 saturated heterocycles. The van der Waals surface area contributed by atoms with Crippen molar-refractivity contribution in [3.63, 3.8) is 0 Å². The van der Waals surface area contributed by atoms with Gasteiger partial charge >= 0.3 is 6.18 Å². The Labute approximate surface area is 112 Å². The number of amides is 1. The number of nitrogens with two attached hydrogens (primary N) is 1. The summed E-state index contributed by atoms with van der Waals surface area (Å²) in [5, 5.41) is 0. The number of benzene rings is 1. The van der Waals surface area contributed by atoms with Crippen LogP contribution in [0.15, 0.2) is 24.3 Å². The molecule has 3 nitrogen and oxygen atoms in total. The van der Waals surface area contributed by atoms with Crippen molar-refractivity contribution in [2.45, 2.75) is 12.6 Å². The van der Waals surface area contributed by atoms with Gasteiger partial charge in [0.15, 0.2) is 0 Å². The van der Waals surface area contributed by atoms with Gasteiger partial charge in [-0.3, -0.25) is 4.79 Å². The summed E-state index contributed by atoms with van der Waals surface area (Å²) in [6.07, 6.45) is -7.25. The predicted octanol–water partition coefficient (Wildman–Crippen LogP) is 2.37. The number of carbonyl (C=O) groups is 1. The summed E-state index contributed by atoms with van der Waals surface area (Å²) in [5.41, 5.74) is 4.22. The highest BCUT2D eigenvalue weighted by Gasteiger charge is 2.30. The zero-order chi connectivity index (χ0) is 15.3. The minimum Gasteiger partial charge on any atom is -0.332 e. The lowest BCUT2D eigenvalue weighted by atomic mass is 10.1. The third-order valence-electron chi connectivity index (χ3n) is 2.50. The average molecular weight is 296 g/mol. The summed E-state index contributed by atoms with van der Waals surface area (Å²) in [6, 6.07) is 3.38. The summed E-state index contributed by atoms with van der Waals surface area (Å²) in [4.78, 5) is 12.7. The molecule has 1 amide bonds. The second kappa shape index (κ2) is 6.65. The maximum atomic E-state index is 12.4. The fourth-order valence-corrected chi connectivity index (χ4v) is 1.58. The minimum atomic E-state index is -4.51. The molecule has 1 aromatic rings. The molecular weight excluding hydrogens is 283 g/mol. The normalized spacial score (nSPS) is 11.8. The first-order valence-corrected chi connectivity index (χ1v) is 5.70. The second-order valence-electron chi connectivity index (χ2n) is 4.01. The molecular formula is C12H13F5N2O. The molecule has 0 bridgehead atoms. The average Bonchev–Trinajstić information content (AvgIpc) is 2.36. The van der Waals surface area contributed by atoms with Crippen molar-refractivity contribution < 1.29 is 26.7 Å². The zero-order valence-corrected chi connectivity index (χ0v) is 10.3. The van der Waals surface area contributed by atoms with E-state index in [0.29, 0.717) is 0 Å². The van der Waals surface area contributed by atoms with Crippen molar-refractivity contribution in [1.29, 1.82) is 0 Å². The lowest BCUT2D eigenvalue weighted by molar-refractivity contribution is -0.137. The van der Waals surface area contributed by atoms with Crippen LogP contribution in [0.3, 0.4) is 0 Å². The van der Waals surface area contributed by atoms with Gasteiger partial charge in [-0.25, -0.2) is 8.78 Å². The highest BCUT2D eigenvalue weighted by atomic mass is 19.4. The maximum absolute atomic E-state index is 12.4. The molecule has 0 radical (unpaired) electrons. The monoisotopic (exact) mass is 296 g/mol. The summed E-state index contributed by atoms with van der Waals surface area (Å²) in [6.45, 7) is -0.916. The SMILES string of the molecule is NCCN(CC(F)F)C(=O)c1ccc(C(F)(F)F)cc1. The molecule has 0 aliphatic rings. The maximum Gasteiger partial charge on any atom is 0.416 e. The van der Waals surface area contributed by atoms with Gasteiger partial charge in [-0.1, -0.05) is 0 Å². The van der Waals surface area contributed by atoms with E-state index in [-0.39, 0.29) is 18.7 Å². The minimum absolute atomic E-state index is 0.0148. The van der Waals surface area contributed by atoms with Gasteiger partial charge < -0.3 is 10.6 Å². The molecule has 0 atom stereocenters. The van der Waals surface area contributed by atoms with Crippen molar-refractivity contribution in [2.24, 2.45) is 5.73 Å². The summed E-state index contributed by atoms with van der Waals surface area (Å²) < 4.78 is 61.7. The fraction of sp³-hybridized carbons (Fsp3) is 0.417. The Balaban J connectivity index is 2.89. The predicted molar refractivity (Wildman–Crippen MR) is 62.4 cm³/mol. The molecule has 8 heteroatoms. The number of alkyl halides is 5. The van der Waals surface area contributed by atoms with Crippen molar-refractivity contribution in [2.75, 3.05) is 19.6 Å². The molecule has 20 heavy (non-hydrogen) atoms. The molecule has 0 aliphatic heterocycles. The summed E-state index contributed by atoms with van der Waals surface area (Å²) in [7, 11) is 0. The van der Waals surface area contributed by atoms with Crippen LogP contribution in [0.5, 0.6) is 0 Å². The Kier molecular flexibility index (Phi) is 5.43. The van der Waals surface area contributed by atoms with Crippen LogP contribution in [0.25, 0.3) is 0 Å². The van der Waals surface area contributed by atoms with Crippen LogP contribution < -0.4 is 5.73 Å². The van der Waals surface area contributed by atoms with Gasteiger partial charge in [0.1, 0.15) is 0 Å². The van der Waals surface area contributed by atoms with Crippen LogP contribution in [0.4, 0.5) is 22.0 Å². The lowest BCUT2D eigenvalue weighted by Gasteiger charge is -2.21. The van der Waals surface area contributed by atoms with Gasteiger partial charge in [0.05, 0.1) is 12.1 Å². The number of carbonyl (C=O) groups excluding carboxylic acids is 1. The van der Waals surface area contributed by atoms with Crippen molar-refractivity contribution in [3.8, 4) is 0 Å². The molecule has 112 valence electrons. The molecule has 0 heterocycles. The number of rotatable bonds is 5.